The van der Waals surface area contributed by atoms with Crippen molar-refractivity contribution in [1.82, 2.24) is 0 Å². The Bertz CT molecular complexity index is 170. The molecule has 82 valence electrons. The third-order valence-electron chi connectivity index (χ3n) is 2.75. The zero-order chi connectivity index (χ0) is 10.4. The molecular weight excluding hydrogens is 199 g/mol. The quantitative estimate of drug-likeness (QED) is 0.523. The fourth-order valence-corrected chi connectivity index (χ4v) is 2.51. The van der Waals surface area contributed by atoms with E-state index in [1.165, 1.54) is 0 Å². The smallest absolute Gasteiger partial charge is 0.312 e. The van der Waals surface area contributed by atoms with Gasteiger partial charge in [-0.2, -0.15) is 0 Å². The van der Waals surface area contributed by atoms with Gasteiger partial charge in [0.25, 0.3) is 0 Å². The van der Waals surface area contributed by atoms with Crippen LogP contribution in [0.2, 0.25) is 0 Å². The SMILES string of the molecule is C=CCOP1OCC(CC)(CC)CO1. The van der Waals surface area contributed by atoms with Crippen molar-refractivity contribution in [2.45, 2.75) is 26.7 Å². The second-order valence-electron chi connectivity index (χ2n) is 3.56. The van der Waals surface area contributed by atoms with Crippen molar-refractivity contribution in [2.75, 3.05) is 19.8 Å². The summed E-state index contributed by atoms with van der Waals surface area (Å²) in [6.45, 7) is 9.93. The van der Waals surface area contributed by atoms with Crippen molar-refractivity contribution in [1.29, 1.82) is 0 Å². The highest BCUT2D eigenvalue weighted by molar-refractivity contribution is 7.41. The van der Waals surface area contributed by atoms with Crippen molar-refractivity contribution in [2.24, 2.45) is 5.41 Å². The van der Waals surface area contributed by atoms with Gasteiger partial charge in [0.2, 0.25) is 0 Å². The molecule has 0 radical (unpaired) electrons. The average Bonchev–Trinajstić information content (AvgIpc) is 2.27. The van der Waals surface area contributed by atoms with E-state index < -0.39 is 8.60 Å². The van der Waals surface area contributed by atoms with Crippen LogP contribution < -0.4 is 0 Å². The van der Waals surface area contributed by atoms with Crippen LogP contribution in [-0.4, -0.2) is 19.8 Å². The van der Waals surface area contributed by atoms with Crippen LogP contribution in [0.25, 0.3) is 0 Å². The highest BCUT2D eigenvalue weighted by atomic mass is 31.2. The van der Waals surface area contributed by atoms with Crippen LogP contribution >= 0.6 is 8.60 Å². The molecule has 14 heavy (non-hydrogen) atoms. The zero-order valence-electron chi connectivity index (χ0n) is 8.99. The summed E-state index contributed by atoms with van der Waals surface area (Å²) in [4.78, 5) is 0. The molecule has 1 aliphatic rings. The summed E-state index contributed by atoms with van der Waals surface area (Å²) in [6, 6.07) is 0. The lowest BCUT2D eigenvalue weighted by molar-refractivity contribution is 0.00334. The predicted octanol–water partition coefficient (Wildman–Crippen LogP) is 3.27. The fourth-order valence-electron chi connectivity index (χ4n) is 1.30. The zero-order valence-corrected chi connectivity index (χ0v) is 9.89. The predicted molar refractivity (Wildman–Crippen MR) is 58.0 cm³/mol. The third-order valence-corrected chi connectivity index (χ3v) is 3.79. The van der Waals surface area contributed by atoms with E-state index in [0.29, 0.717) is 6.61 Å². The van der Waals surface area contributed by atoms with Crippen molar-refractivity contribution in [3.63, 3.8) is 0 Å². The van der Waals surface area contributed by atoms with Crippen molar-refractivity contribution in [3.8, 4) is 0 Å². The molecule has 1 rings (SSSR count). The molecule has 0 aromatic rings. The minimum absolute atomic E-state index is 0.205. The minimum atomic E-state index is -1.12. The second-order valence-corrected chi connectivity index (χ2v) is 4.78. The van der Waals surface area contributed by atoms with Gasteiger partial charge in [0.1, 0.15) is 0 Å². The third kappa shape index (κ3) is 3.03. The fraction of sp³-hybridized carbons (Fsp3) is 0.800. The lowest BCUT2D eigenvalue weighted by Gasteiger charge is -2.37. The monoisotopic (exact) mass is 218 g/mol. The van der Waals surface area contributed by atoms with Gasteiger partial charge in [-0.3, -0.25) is 0 Å². The Hall–Kier alpha value is 0.0500. The van der Waals surface area contributed by atoms with Crippen LogP contribution in [0.4, 0.5) is 0 Å². The largest absolute Gasteiger partial charge is 0.333 e. The molecule has 0 aromatic carbocycles. The maximum Gasteiger partial charge on any atom is 0.333 e. The molecule has 0 spiro atoms. The molecule has 4 heteroatoms. The molecule has 1 saturated heterocycles. The molecule has 0 aliphatic carbocycles. The van der Waals surface area contributed by atoms with Gasteiger partial charge >= 0.3 is 8.60 Å². The summed E-state index contributed by atoms with van der Waals surface area (Å²) >= 11 is 0. The Morgan fingerprint density at radius 3 is 2.36 bits per heavy atom. The molecule has 0 saturated carbocycles. The molecule has 3 nitrogen and oxygen atoms in total. The van der Waals surface area contributed by atoms with Crippen LogP contribution in [0.3, 0.4) is 0 Å². The first kappa shape index (κ1) is 12.1. The Morgan fingerprint density at radius 1 is 1.36 bits per heavy atom. The van der Waals surface area contributed by atoms with E-state index in [1.54, 1.807) is 6.08 Å². The van der Waals surface area contributed by atoms with E-state index in [4.69, 9.17) is 13.6 Å². The van der Waals surface area contributed by atoms with E-state index in [1.807, 2.05) is 0 Å². The topological polar surface area (TPSA) is 27.7 Å². The summed E-state index contributed by atoms with van der Waals surface area (Å²) in [5.74, 6) is 0. The molecule has 0 N–H and O–H groups in total. The summed E-state index contributed by atoms with van der Waals surface area (Å²) in [5.41, 5.74) is 0.205. The first-order chi connectivity index (χ1) is 6.76. The summed E-state index contributed by atoms with van der Waals surface area (Å²) in [6.07, 6.45) is 3.89. The Kier molecular flexibility index (Phi) is 5.04. The number of hydrogen-bond acceptors (Lipinski definition) is 3. The molecule has 0 amide bonds. The van der Waals surface area contributed by atoms with Crippen LogP contribution in [0.5, 0.6) is 0 Å². The molecule has 0 unspecified atom stereocenters. The lowest BCUT2D eigenvalue weighted by Crippen LogP contribution is -2.33. The maximum absolute atomic E-state index is 5.55. The molecule has 0 aromatic heterocycles. The van der Waals surface area contributed by atoms with Gasteiger partial charge in [-0.25, -0.2) is 0 Å². The summed E-state index contributed by atoms with van der Waals surface area (Å²) in [5, 5.41) is 0. The average molecular weight is 218 g/mol. The van der Waals surface area contributed by atoms with Gasteiger partial charge in [-0.05, 0) is 12.8 Å². The van der Waals surface area contributed by atoms with Crippen molar-refractivity contribution < 1.29 is 13.6 Å². The minimum Gasteiger partial charge on any atom is -0.312 e. The van der Waals surface area contributed by atoms with E-state index in [9.17, 15) is 0 Å². The summed E-state index contributed by atoms with van der Waals surface area (Å²) in [7, 11) is -1.12. The molecule has 1 fully saturated rings. The number of hydrogen-bond donors (Lipinski definition) is 0. The van der Waals surface area contributed by atoms with Gasteiger partial charge in [0, 0.05) is 5.41 Å². The van der Waals surface area contributed by atoms with Crippen LogP contribution in [0.15, 0.2) is 12.7 Å². The van der Waals surface area contributed by atoms with Gasteiger partial charge in [-0.1, -0.05) is 19.9 Å². The van der Waals surface area contributed by atoms with Gasteiger partial charge < -0.3 is 13.6 Å². The van der Waals surface area contributed by atoms with E-state index >= 15 is 0 Å². The van der Waals surface area contributed by atoms with Crippen molar-refractivity contribution in [3.05, 3.63) is 12.7 Å². The molecule has 0 atom stereocenters. The lowest BCUT2D eigenvalue weighted by atomic mass is 9.84. The van der Waals surface area contributed by atoms with E-state index in [2.05, 4.69) is 20.4 Å². The normalized spacial score (nSPS) is 22.1. The van der Waals surface area contributed by atoms with E-state index in [0.717, 1.165) is 26.1 Å². The Labute approximate surface area is 87.4 Å². The molecular formula is C10H19O3P. The number of rotatable bonds is 5. The highest BCUT2D eigenvalue weighted by Crippen LogP contribution is 2.48. The van der Waals surface area contributed by atoms with Gasteiger partial charge in [0.05, 0.1) is 19.8 Å². The second kappa shape index (κ2) is 5.82. The van der Waals surface area contributed by atoms with Crippen LogP contribution in [0, 0.1) is 5.41 Å². The Balaban J connectivity index is 2.32. The first-order valence-electron chi connectivity index (χ1n) is 5.06. The molecule has 1 heterocycles. The first-order valence-corrected chi connectivity index (χ1v) is 6.15. The van der Waals surface area contributed by atoms with Crippen molar-refractivity contribution >= 4 is 8.60 Å². The Morgan fingerprint density at radius 2 is 1.93 bits per heavy atom. The molecule has 0 bridgehead atoms. The standard InChI is InChI=1S/C10H19O3P/c1-4-7-11-14-12-8-10(5-2,6-3)9-13-14/h4H,1,5-9H2,2-3H3. The highest BCUT2D eigenvalue weighted by Gasteiger charge is 2.35. The van der Waals surface area contributed by atoms with Gasteiger partial charge in [-0.15, -0.1) is 6.58 Å². The van der Waals surface area contributed by atoms with Gasteiger partial charge in [0.15, 0.2) is 0 Å². The molecule has 1 aliphatic heterocycles. The summed E-state index contributed by atoms with van der Waals surface area (Å²) < 4.78 is 16.4. The van der Waals surface area contributed by atoms with E-state index in [-0.39, 0.29) is 5.41 Å². The van der Waals surface area contributed by atoms with Crippen LogP contribution in [0.1, 0.15) is 26.7 Å². The van der Waals surface area contributed by atoms with Crippen LogP contribution in [-0.2, 0) is 13.6 Å². The maximum atomic E-state index is 5.55.